The Morgan fingerprint density at radius 2 is 2.13 bits per heavy atom. The van der Waals surface area contributed by atoms with Crippen molar-refractivity contribution in [3.8, 4) is 0 Å². The number of hydrogen-bond acceptors (Lipinski definition) is 4. The molecule has 0 radical (unpaired) electrons. The van der Waals surface area contributed by atoms with Gasteiger partial charge in [-0.15, -0.1) is 5.10 Å². The molecule has 7 heteroatoms. The first-order chi connectivity index (χ1) is 11.2. The number of pyridine rings is 1. The van der Waals surface area contributed by atoms with Crippen molar-refractivity contribution < 1.29 is 9.18 Å². The largest absolute Gasteiger partial charge is 0.338 e. The molecule has 3 heterocycles. The number of amides is 1. The fraction of sp³-hybridized carbons (Fsp3) is 0.250. The topological polar surface area (TPSA) is 63.4 Å². The van der Waals surface area contributed by atoms with Crippen LogP contribution in [0.25, 0.3) is 5.65 Å². The molecule has 1 atom stereocenters. The highest BCUT2D eigenvalue weighted by molar-refractivity contribution is 5.95. The van der Waals surface area contributed by atoms with Crippen LogP contribution in [-0.4, -0.2) is 43.9 Å². The maximum absolute atomic E-state index is 13.9. The standard InChI is InChI=1S/C16H14FN5O/c17-14-4-2-1-3-13(14)12-5-7-21(10-12)16(23)11-6-8-22-15(9-11)18-19-20-22/h1-4,6,8-9,12H,5,7,10H2. The lowest BCUT2D eigenvalue weighted by Gasteiger charge is -2.17. The van der Waals surface area contributed by atoms with Gasteiger partial charge in [0.05, 0.1) is 0 Å². The highest BCUT2D eigenvalue weighted by Gasteiger charge is 2.29. The third kappa shape index (κ3) is 2.44. The van der Waals surface area contributed by atoms with E-state index in [4.69, 9.17) is 0 Å². The van der Waals surface area contributed by atoms with Crippen molar-refractivity contribution in [3.05, 3.63) is 59.5 Å². The number of hydrogen-bond donors (Lipinski definition) is 0. The van der Waals surface area contributed by atoms with Crippen molar-refractivity contribution in [1.29, 1.82) is 0 Å². The van der Waals surface area contributed by atoms with E-state index in [0.29, 0.717) is 29.9 Å². The summed E-state index contributed by atoms with van der Waals surface area (Å²) in [6.07, 6.45) is 2.42. The average Bonchev–Trinajstić information content (AvgIpc) is 3.23. The monoisotopic (exact) mass is 311 g/mol. The van der Waals surface area contributed by atoms with E-state index in [1.165, 1.54) is 10.6 Å². The number of likely N-dealkylation sites (tertiary alicyclic amines) is 1. The van der Waals surface area contributed by atoms with Crippen molar-refractivity contribution in [3.63, 3.8) is 0 Å². The average molecular weight is 311 g/mol. The Kier molecular flexibility index (Phi) is 3.25. The van der Waals surface area contributed by atoms with E-state index in [1.807, 2.05) is 6.07 Å². The van der Waals surface area contributed by atoms with Crippen LogP contribution in [0.2, 0.25) is 0 Å². The molecule has 0 spiro atoms. The van der Waals surface area contributed by atoms with Crippen molar-refractivity contribution in [1.82, 2.24) is 24.9 Å². The zero-order chi connectivity index (χ0) is 15.8. The second-order valence-electron chi connectivity index (χ2n) is 5.66. The maximum Gasteiger partial charge on any atom is 0.254 e. The molecule has 1 fully saturated rings. The van der Waals surface area contributed by atoms with Crippen LogP contribution in [0.1, 0.15) is 28.3 Å². The van der Waals surface area contributed by atoms with Gasteiger partial charge in [-0.2, -0.15) is 0 Å². The SMILES string of the molecule is O=C(c1ccn2nnnc2c1)N1CCC(c2ccccc2F)C1. The molecule has 0 saturated carbocycles. The number of carbonyl (C=O) groups is 1. The number of aromatic nitrogens is 4. The van der Waals surface area contributed by atoms with Gasteiger partial charge < -0.3 is 4.90 Å². The summed E-state index contributed by atoms with van der Waals surface area (Å²) in [4.78, 5) is 14.4. The quantitative estimate of drug-likeness (QED) is 0.725. The first-order valence-electron chi connectivity index (χ1n) is 7.44. The minimum atomic E-state index is -0.206. The molecule has 1 saturated heterocycles. The summed E-state index contributed by atoms with van der Waals surface area (Å²) in [6.45, 7) is 1.14. The van der Waals surface area contributed by atoms with Crippen molar-refractivity contribution in [2.24, 2.45) is 0 Å². The van der Waals surface area contributed by atoms with Gasteiger partial charge in [0, 0.05) is 30.8 Å². The van der Waals surface area contributed by atoms with Gasteiger partial charge in [0.25, 0.3) is 5.91 Å². The highest BCUT2D eigenvalue weighted by atomic mass is 19.1. The van der Waals surface area contributed by atoms with Gasteiger partial charge in [0.2, 0.25) is 0 Å². The van der Waals surface area contributed by atoms with Crippen LogP contribution < -0.4 is 0 Å². The lowest BCUT2D eigenvalue weighted by atomic mass is 9.98. The molecule has 2 aromatic heterocycles. The molecule has 3 aromatic rings. The molecule has 1 aliphatic heterocycles. The highest BCUT2D eigenvalue weighted by Crippen LogP contribution is 2.29. The van der Waals surface area contributed by atoms with Crippen LogP contribution >= 0.6 is 0 Å². The minimum absolute atomic E-state index is 0.0404. The van der Waals surface area contributed by atoms with E-state index >= 15 is 0 Å². The summed E-state index contributed by atoms with van der Waals surface area (Å²) in [5.41, 5.74) is 1.75. The van der Waals surface area contributed by atoms with Gasteiger partial charge in [-0.3, -0.25) is 4.79 Å². The smallest absolute Gasteiger partial charge is 0.254 e. The molecule has 1 aromatic carbocycles. The number of rotatable bonds is 2. The third-order valence-corrected chi connectivity index (χ3v) is 4.27. The summed E-state index contributed by atoms with van der Waals surface area (Å²) in [5, 5.41) is 11.2. The van der Waals surface area contributed by atoms with Crippen LogP contribution in [0.15, 0.2) is 42.6 Å². The molecule has 1 amide bonds. The Labute approximate surface area is 131 Å². The first kappa shape index (κ1) is 13.8. The van der Waals surface area contributed by atoms with Crippen molar-refractivity contribution in [2.45, 2.75) is 12.3 Å². The molecular formula is C16H14FN5O. The van der Waals surface area contributed by atoms with Crippen LogP contribution in [-0.2, 0) is 0 Å². The van der Waals surface area contributed by atoms with E-state index in [1.54, 1.807) is 35.4 Å². The molecule has 23 heavy (non-hydrogen) atoms. The molecule has 116 valence electrons. The molecule has 1 aliphatic rings. The third-order valence-electron chi connectivity index (χ3n) is 4.27. The number of nitrogens with zero attached hydrogens (tertiary/aromatic N) is 5. The van der Waals surface area contributed by atoms with Crippen LogP contribution in [0, 0.1) is 5.82 Å². The number of halogens is 1. The lowest BCUT2D eigenvalue weighted by Crippen LogP contribution is -2.28. The van der Waals surface area contributed by atoms with Crippen LogP contribution in [0.4, 0.5) is 4.39 Å². The molecule has 0 bridgehead atoms. The molecule has 6 nitrogen and oxygen atoms in total. The summed E-state index contributed by atoms with van der Waals surface area (Å²) < 4.78 is 15.4. The number of benzene rings is 1. The fourth-order valence-electron chi connectivity index (χ4n) is 3.06. The predicted octanol–water partition coefficient (Wildman–Crippen LogP) is 1.89. The number of fused-ring (bicyclic) bond motifs is 1. The molecule has 0 aliphatic carbocycles. The molecule has 0 N–H and O–H groups in total. The Hall–Kier alpha value is -2.83. The maximum atomic E-state index is 13.9. The van der Waals surface area contributed by atoms with Gasteiger partial charge in [0.1, 0.15) is 5.82 Å². The van der Waals surface area contributed by atoms with E-state index < -0.39 is 0 Å². The van der Waals surface area contributed by atoms with Gasteiger partial charge in [-0.25, -0.2) is 8.91 Å². The van der Waals surface area contributed by atoms with Gasteiger partial charge in [0.15, 0.2) is 5.65 Å². The number of carbonyl (C=O) groups excluding carboxylic acids is 1. The van der Waals surface area contributed by atoms with E-state index in [2.05, 4.69) is 15.5 Å². The summed E-state index contributed by atoms with van der Waals surface area (Å²) in [6, 6.07) is 10.1. The van der Waals surface area contributed by atoms with Crippen molar-refractivity contribution >= 4 is 11.6 Å². The minimum Gasteiger partial charge on any atom is -0.338 e. The zero-order valence-corrected chi connectivity index (χ0v) is 12.3. The van der Waals surface area contributed by atoms with Crippen LogP contribution in [0.5, 0.6) is 0 Å². The zero-order valence-electron chi connectivity index (χ0n) is 12.3. The van der Waals surface area contributed by atoms with Crippen LogP contribution in [0.3, 0.4) is 0 Å². The van der Waals surface area contributed by atoms with Gasteiger partial charge >= 0.3 is 0 Å². The van der Waals surface area contributed by atoms with Gasteiger partial charge in [-0.05, 0) is 40.6 Å². The summed E-state index contributed by atoms with van der Waals surface area (Å²) >= 11 is 0. The van der Waals surface area contributed by atoms with E-state index in [0.717, 1.165) is 6.42 Å². The normalized spacial score (nSPS) is 17.8. The summed E-state index contributed by atoms with van der Waals surface area (Å²) in [5.74, 6) is -0.240. The first-order valence-corrected chi connectivity index (χ1v) is 7.44. The Bertz CT molecular complexity index is 878. The molecular weight excluding hydrogens is 297 g/mol. The van der Waals surface area contributed by atoms with Gasteiger partial charge in [-0.1, -0.05) is 18.2 Å². The number of tetrazole rings is 1. The molecule has 1 unspecified atom stereocenters. The fourth-order valence-corrected chi connectivity index (χ4v) is 3.06. The Balaban J connectivity index is 1.55. The predicted molar refractivity (Wildman–Crippen MR) is 80.4 cm³/mol. The lowest BCUT2D eigenvalue weighted by molar-refractivity contribution is 0.0790. The molecule has 4 rings (SSSR count). The van der Waals surface area contributed by atoms with E-state index in [9.17, 15) is 9.18 Å². The van der Waals surface area contributed by atoms with E-state index in [-0.39, 0.29) is 17.6 Å². The Morgan fingerprint density at radius 1 is 1.26 bits per heavy atom. The second-order valence-corrected chi connectivity index (χ2v) is 5.66. The summed E-state index contributed by atoms with van der Waals surface area (Å²) in [7, 11) is 0. The van der Waals surface area contributed by atoms with Crippen molar-refractivity contribution in [2.75, 3.05) is 13.1 Å². The second kappa shape index (κ2) is 5.42. The Morgan fingerprint density at radius 3 is 3.00 bits per heavy atom.